The smallest absolute Gasteiger partial charge is 0.278 e. The monoisotopic (exact) mass is 403 g/mol. The molecule has 1 N–H and O–H groups in total. The Bertz CT molecular complexity index is 1110. The van der Waals surface area contributed by atoms with Crippen molar-refractivity contribution >= 4 is 34.7 Å². The average Bonchev–Trinajstić information content (AvgIpc) is 2.95. The first-order valence-corrected chi connectivity index (χ1v) is 9.50. The third-order valence-electron chi connectivity index (χ3n) is 4.80. The van der Waals surface area contributed by atoms with Crippen molar-refractivity contribution in [3.05, 3.63) is 100 Å². The molecule has 0 bridgehead atoms. The van der Waals surface area contributed by atoms with E-state index in [0.717, 1.165) is 16.8 Å². The largest absolute Gasteiger partial charge is 0.350 e. The van der Waals surface area contributed by atoms with Crippen LogP contribution < -0.4 is 5.32 Å². The molecule has 1 aliphatic heterocycles. The first kappa shape index (κ1) is 18.9. The van der Waals surface area contributed by atoms with E-state index in [2.05, 4.69) is 10.3 Å². The predicted octanol–water partition coefficient (Wildman–Crippen LogP) is 4.44. The number of nitrogens with zero attached hydrogens (tertiary/aromatic N) is 2. The van der Waals surface area contributed by atoms with E-state index in [1.165, 1.54) is 4.90 Å². The van der Waals surface area contributed by atoms with Crippen LogP contribution in [-0.2, 0) is 16.1 Å². The van der Waals surface area contributed by atoms with Gasteiger partial charge in [0.15, 0.2) is 0 Å². The minimum absolute atomic E-state index is 0.177. The third-order valence-corrected chi connectivity index (χ3v) is 5.05. The van der Waals surface area contributed by atoms with Gasteiger partial charge in [-0.25, -0.2) is 0 Å². The molecule has 2 heterocycles. The van der Waals surface area contributed by atoms with E-state index < -0.39 is 0 Å². The van der Waals surface area contributed by atoms with E-state index in [1.807, 2.05) is 31.2 Å². The number of hydrogen-bond acceptors (Lipinski definition) is 4. The lowest BCUT2D eigenvalue weighted by Gasteiger charge is -2.15. The van der Waals surface area contributed by atoms with E-state index in [-0.39, 0.29) is 24.1 Å². The highest BCUT2D eigenvalue weighted by atomic mass is 35.5. The summed E-state index contributed by atoms with van der Waals surface area (Å²) in [4.78, 5) is 31.7. The highest BCUT2D eigenvalue weighted by molar-refractivity contribution is 6.36. The normalized spacial score (nSPS) is 13.9. The van der Waals surface area contributed by atoms with Crippen LogP contribution in [0.15, 0.2) is 78.8 Å². The first-order valence-electron chi connectivity index (χ1n) is 9.12. The number of nitrogens with one attached hydrogen (secondary N) is 1. The Morgan fingerprint density at radius 1 is 0.931 bits per heavy atom. The third kappa shape index (κ3) is 3.77. The number of aryl methyl sites for hydroxylation is 1. The molecule has 2 aromatic carbocycles. The maximum Gasteiger partial charge on any atom is 0.278 e. The Labute approximate surface area is 173 Å². The molecule has 0 atom stereocenters. The van der Waals surface area contributed by atoms with Gasteiger partial charge in [0.05, 0.1) is 12.1 Å². The molecule has 5 nitrogen and oxygen atoms in total. The van der Waals surface area contributed by atoms with Gasteiger partial charge in [-0.05, 0) is 53.9 Å². The lowest BCUT2D eigenvalue weighted by Crippen LogP contribution is -2.32. The molecule has 0 unspecified atom stereocenters. The lowest BCUT2D eigenvalue weighted by atomic mass is 10.0. The number of carbonyl (C=O) groups excluding carboxylic acids is 2. The summed E-state index contributed by atoms with van der Waals surface area (Å²) in [6, 6.07) is 18.1. The zero-order chi connectivity index (χ0) is 20.4. The first-order chi connectivity index (χ1) is 14.0. The van der Waals surface area contributed by atoms with Gasteiger partial charge in [0, 0.05) is 23.1 Å². The van der Waals surface area contributed by atoms with Gasteiger partial charge in [-0.15, -0.1) is 0 Å². The van der Waals surface area contributed by atoms with Gasteiger partial charge in [0.25, 0.3) is 11.8 Å². The Hall–Kier alpha value is -3.44. The van der Waals surface area contributed by atoms with Crippen LogP contribution in [0.2, 0.25) is 5.02 Å². The summed E-state index contributed by atoms with van der Waals surface area (Å²) in [5, 5.41) is 3.75. The number of para-hydroxylation sites is 1. The topological polar surface area (TPSA) is 62.3 Å². The Morgan fingerprint density at radius 3 is 2.31 bits per heavy atom. The number of anilines is 1. The lowest BCUT2D eigenvalue weighted by molar-refractivity contribution is -0.137. The van der Waals surface area contributed by atoms with Crippen LogP contribution in [0.1, 0.15) is 16.7 Å². The molecule has 3 aromatic rings. The fourth-order valence-electron chi connectivity index (χ4n) is 3.24. The van der Waals surface area contributed by atoms with Gasteiger partial charge in [-0.1, -0.05) is 41.9 Å². The molecule has 29 heavy (non-hydrogen) atoms. The highest BCUT2D eigenvalue weighted by Gasteiger charge is 2.39. The van der Waals surface area contributed by atoms with Gasteiger partial charge < -0.3 is 5.32 Å². The quantitative estimate of drug-likeness (QED) is 0.640. The van der Waals surface area contributed by atoms with Crippen molar-refractivity contribution in [3.63, 3.8) is 0 Å². The minimum atomic E-state index is -0.361. The van der Waals surface area contributed by atoms with Crippen LogP contribution in [0.3, 0.4) is 0 Å². The molecule has 4 rings (SSSR count). The predicted molar refractivity (Wildman–Crippen MR) is 113 cm³/mol. The standard InChI is InChI=1S/C23H18ClN3O2/c1-15-4-2-3-5-19(15)26-21-20(17-6-8-18(24)9-7-17)22(28)27(23(21)29)14-16-10-12-25-13-11-16/h2-13,26H,14H2,1H3. The number of carbonyl (C=O) groups is 2. The van der Waals surface area contributed by atoms with E-state index in [4.69, 9.17) is 11.6 Å². The van der Waals surface area contributed by atoms with Crippen molar-refractivity contribution in [3.8, 4) is 0 Å². The van der Waals surface area contributed by atoms with Gasteiger partial charge in [-0.3, -0.25) is 19.5 Å². The fourth-order valence-corrected chi connectivity index (χ4v) is 3.36. The number of hydrogen-bond donors (Lipinski definition) is 1. The summed E-state index contributed by atoms with van der Waals surface area (Å²) in [5.41, 5.74) is 3.82. The van der Waals surface area contributed by atoms with Crippen LogP contribution in [0, 0.1) is 6.92 Å². The Kier molecular flexibility index (Phi) is 5.14. The molecule has 0 aliphatic carbocycles. The van der Waals surface area contributed by atoms with Gasteiger partial charge in [-0.2, -0.15) is 0 Å². The molecule has 0 saturated heterocycles. The van der Waals surface area contributed by atoms with Crippen LogP contribution in [0.25, 0.3) is 5.57 Å². The maximum atomic E-state index is 13.2. The zero-order valence-corrected chi connectivity index (χ0v) is 16.5. The van der Waals surface area contributed by atoms with E-state index in [1.54, 1.807) is 48.8 Å². The molecule has 6 heteroatoms. The van der Waals surface area contributed by atoms with Crippen LogP contribution in [0.5, 0.6) is 0 Å². The summed E-state index contributed by atoms with van der Waals surface area (Å²) >= 11 is 6.01. The fraction of sp³-hybridized carbons (Fsp3) is 0.0870. The summed E-state index contributed by atoms with van der Waals surface area (Å²) in [5.74, 6) is -0.703. The zero-order valence-electron chi connectivity index (χ0n) is 15.7. The second kappa shape index (κ2) is 7.89. The maximum absolute atomic E-state index is 13.2. The molecule has 144 valence electrons. The molecule has 0 fully saturated rings. The number of rotatable bonds is 5. The minimum Gasteiger partial charge on any atom is -0.350 e. The van der Waals surface area contributed by atoms with Gasteiger partial charge in [0.1, 0.15) is 5.70 Å². The molecule has 0 radical (unpaired) electrons. The Balaban J connectivity index is 1.76. The summed E-state index contributed by atoms with van der Waals surface area (Å²) in [6.07, 6.45) is 3.28. The highest BCUT2D eigenvalue weighted by Crippen LogP contribution is 2.32. The van der Waals surface area contributed by atoms with Crippen molar-refractivity contribution in [2.75, 3.05) is 5.32 Å². The molecule has 2 amide bonds. The molecule has 1 aromatic heterocycles. The van der Waals surface area contributed by atoms with E-state index in [0.29, 0.717) is 16.2 Å². The summed E-state index contributed by atoms with van der Waals surface area (Å²) in [7, 11) is 0. The van der Waals surface area contributed by atoms with Crippen molar-refractivity contribution in [1.29, 1.82) is 0 Å². The molecular formula is C23H18ClN3O2. The van der Waals surface area contributed by atoms with E-state index >= 15 is 0 Å². The Morgan fingerprint density at radius 2 is 1.62 bits per heavy atom. The number of amides is 2. The molecule has 0 saturated carbocycles. The average molecular weight is 404 g/mol. The molecular weight excluding hydrogens is 386 g/mol. The second-order valence-electron chi connectivity index (χ2n) is 6.75. The number of pyridine rings is 1. The van der Waals surface area contributed by atoms with Crippen LogP contribution in [0.4, 0.5) is 5.69 Å². The molecule has 0 spiro atoms. The number of benzene rings is 2. The summed E-state index contributed by atoms with van der Waals surface area (Å²) in [6.45, 7) is 2.12. The number of aromatic nitrogens is 1. The van der Waals surface area contributed by atoms with Crippen molar-refractivity contribution < 1.29 is 9.59 Å². The van der Waals surface area contributed by atoms with Crippen molar-refractivity contribution in [2.45, 2.75) is 13.5 Å². The number of imide groups is 1. The second-order valence-corrected chi connectivity index (χ2v) is 7.19. The SMILES string of the molecule is Cc1ccccc1NC1=C(c2ccc(Cl)cc2)C(=O)N(Cc2ccncc2)C1=O. The van der Waals surface area contributed by atoms with E-state index in [9.17, 15) is 9.59 Å². The summed E-state index contributed by atoms with van der Waals surface area (Å²) < 4.78 is 0. The van der Waals surface area contributed by atoms with Crippen molar-refractivity contribution in [1.82, 2.24) is 9.88 Å². The van der Waals surface area contributed by atoms with Gasteiger partial charge >= 0.3 is 0 Å². The van der Waals surface area contributed by atoms with Crippen LogP contribution in [-0.4, -0.2) is 21.7 Å². The van der Waals surface area contributed by atoms with Crippen molar-refractivity contribution in [2.24, 2.45) is 0 Å². The number of halogens is 1. The van der Waals surface area contributed by atoms with Crippen LogP contribution >= 0.6 is 11.6 Å². The molecule has 1 aliphatic rings. The van der Waals surface area contributed by atoms with Gasteiger partial charge in [0.2, 0.25) is 0 Å².